The van der Waals surface area contributed by atoms with Gasteiger partial charge in [-0.1, -0.05) is 70.9 Å². The lowest BCUT2D eigenvalue weighted by molar-refractivity contribution is -0.130. The lowest BCUT2D eigenvalue weighted by Gasteiger charge is -2.10. The molecular weight excluding hydrogens is 324 g/mol. The van der Waals surface area contributed by atoms with E-state index in [1.807, 2.05) is 0 Å². The van der Waals surface area contributed by atoms with E-state index in [0.29, 0.717) is 6.42 Å². The van der Waals surface area contributed by atoms with E-state index in [-0.39, 0.29) is 16.4 Å². The third-order valence-electron chi connectivity index (χ3n) is 3.90. The number of esters is 1. The predicted molar refractivity (Wildman–Crippen MR) is 96.7 cm³/mol. The van der Waals surface area contributed by atoms with Crippen LogP contribution in [-0.4, -0.2) is 20.1 Å². The Morgan fingerprint density at radius 3 is 2.21 bits per heavy atom. The molecule has 0 fully saturated rings. The van der Waals surface area contributed by atoms with E-state index in [9.17, 15) is 13.2 Å². The maximum atomic E-state index is 12.5. The second-order valence-corrected chi connectivity index (χ2v) is 8.03. The van der Waals surface area contributed by atoms with Crippen LogP contribution in [0.5, 0.6) is 5.75 Å². The number of ether oxygens (including phenoxy) is 1. The molecule has 1 radical (unpaired) electrons. The number of hydrogen-bond donors (Lipinski definition) is 0. The summed E-state index contributed by atoms with van der Waals surface area (Å²) >= 11 is 0. The molecule has 0 saturated heterocycles. The highest BCUT2D eigenvalue weighted by atomic mass is 32.2. The van der Waals surface area contributed by atoms with Gasteiger partial charge in [0.2, 0.25) is 0 Å². The van der Waals surface area contributed by atoms with Gasteiger partial charge in [0.25, 0.3) is 0 Å². The molecule has 0 heterocycles. The fraction of sp³-hybridized carbons (Fsp3) is 0.579. The van der Waals surface area contributed by atoms with E-state index in [1.165, 1.54) is 50.7 Å². The molecule has 135 valence electrons. The summed E-state index contributed by atoms with van der Waals surface area (Å²) in [6.45, 7) is 3.75. The van der Waals surface area contributed by atoms with Crippen LogP contribution < -0.4 is 4.74 Å². The molecule has 24 heavy (non-hydrogen) atoms. The normalized spacial score (nSPS) is 11.4. The lowest BCUT2D eigenvalue weighted by Crippen LogP contribution is -2.12. The minimum Gasteiger partial charge on any atom is -0.425 e. The molecule has 0 aliphatic rings. The molecule has 0 bridgehead atoms. The zero-order chi connectivity index (χ0) is 17.8. The average Bonchev–Trinajstić information content (AvgIpc) is 2.57. The lowest BCUT2D eigenvalue weighted by atomic mass is 10.1. The average molecular weight is 354 g/mol. The first-order valence-corrected chi connectivity index (χ1v) is 10.5. The van der Waals surface area contributed by atoms with Gasteiger partial charge in [-0.25, -0.2) is 8.42 Å². The van der Waals surface area contributed by atoms with Crippen molar-refractivity contribution in [1.29, 1.82) is 0 Å². The zero-order valence-corrected chi connectivity index (χ0v) is 15.6. The number of benzene rings is 1. The minimum atomic E-state index is -3.44. The largest absolute Gasteiger partial charge is 0.425 e. The van der Waals surface area contributed by atoms with Gasteiger partial charge in [-0.3, -0.25) is 4.79 Å². The van der Waals surface area contributed by atoms with Crippen molar-refractivity contribution in [1.82, 2.24) is 0 Å². The van der Waals surface area contributed by atoms with Gasteiger partial charge in [0.05, 0.1) is 12.2 Å². The zero-order valence-electron chi connectivity index (χ0n) is 14.8. The van der Waals surface area contributed by atoms with Gasteiger partial charge in [-0.2, -0.15) is 0 Å². The molecule has 0 N–H and O–H groups in total. The molecule has 0 atom stereocenters. The molecule has 0 unspecified atom stereocenters. The first-order valence-electron chi connectivity index (χ1n) is 8.84. The van der Waals surface area contributed by atoms with Gasteiger partial charge in [-0.15, -0.1) is 0 Å². The maximum absolute atomic E-state index is 12.5. The Balaban J connectivity index is 2.49. The van der Waals surface area contributed by atoms with Crippen molar-refractivity contribution in [2.75, 3.05) is 5.75 Å². The van der Waals surface area contributed by atoms with Gasteiger partial charge >= 0.3 is 5.97 Å². The Labute approximate surface area is 146 Å². The smallest absolute Gasteiger partial charge is 0.314 e. The minimum absolute atomic E-state index is 0.0896. The molecule has 0 aliphatic heterocycles. The summed E-state index contributed by atoms with van der Waals surface area (Å²) in [5, 5.41) is 0. The number of carbonyl (C=O) groups is 1. The van der Waals surface area contributed by atoms with Gasteiger partial charge < -0.3 is 4.74 Å². The Morgan fingerprint density at radius 1 is 1.00 bits per heavy atom. The molecular formula is C19H29O4S. The SMILES string of the molecule is C[CH]C(=O)Oc1ccccc1S(=O)(=O)CCCCCCCCCC. The van der Waals surface area contributed by atoms with Crippen molar-refractivity contribution < 1.29 is 17.9 Å². The Morgan fingerprint density at radius 2 is 1.58 bits per heavy atom. The van der Waals surface area contributed by atoms with E-state index in [2.05, 4.69) is 6.92 Å². The van der Waals surface area contributed by atoms with Crippen LogP contribution in [-0.2, 0) is 14.6 Å². The summed E-state index contributed by atoms with van der Waals surface area (Å²) in [6, 6.07) is 6.32. The molecule has 0 spiro atoms. The number of hydrogen-bond acceptors (Lipinski definition) is 4. The molecule has 1 aromatic rings. The summed E-state index contributed by atoms with van der Waals surface area (Å²) in [7, 11) is -3.44. The standard InChI is InChI=1S/C19H29O4S/c1-3-5-6-7-8-9-10-13-16-24(21,22)18-15-12-11-14-17(18)23-19(20)4-2/h4,11-12,14-15H,3,5-10,13,16H2,1-2H3. The van der Waals surface area contributed by atoms with E-state index < -0.39 is 15.8 Å². The molecule has 0 aliphatic carbocycles. The van der Waals surface area contributed by atoms with Crippen LogP contribution in [0.2, 0.25) is 0 Å². The number of carbonyl (C=O) groups excluding carboxylic acids is 1. The highest BCUT2D eigenvalue weighted by Gasteiger charge is 2.20. The van der Waals surface area contributed by atoms with Crippen molar-refractivity contribution in [3.05, 3.63) is 30.7 Å². The fourth-order valence-corrected chi connectivity index (χ4v) is 4.00. The first-order chi connectivity index (χ1) is 11.5. The summed E-state index contributed by atoms with van der Waals surface area (Å²) < 4.78 is 30.1. The van der Waals surface area contributed by atoms with E-state index in [1.54, 1.807) is 19.1 Å². The van der Waals surface area contributed by atoms with E-state index in [4.69, 9.17) is 4.74 Å². The quantitative estimate of drug-likeness (QED) is 0.310. The van der Waals surface area contributed by atoms with Crippen molar-refractivity contribution in [2.45, 2.75) is 70.1 Å². The molecule has 1 rings (SSSR count). The highest BCUT2D eigenvalue weighted by Crippen LogP contribution is 2.25. The van der Waals surface area contributed by atoms with Crippen LogP contribution in [0.25, 0.3) is 0 Å². The van der Waals surface area contributed by atoms with Crippen LogP contribution in [0, 0.1) is 6.42 Å². The Bertz CT molecular complexity index is 593. The topological polar surface area (TPSA) is 60.4 Å². The molecule has 0 amide bonds. The third kappa shape index (κ3) is 7.47. The highest BCUT2D eigenvalue weighted by molar-refractivity contribution is 7.91. The molecule has 1 aromatic carbocycles. The van der Waals surface area contributed by atoms with Crippen LogP contribution in [0.15, 0.2) is 29.2 Å². The van der Waals surface area contributed by atoms with Crippen LogP contribution in [0.3, 0.4) is 0 Å². The van der Waals surface area contributed by atoms with Crippen LogP contribution >= 0.6 is 0 Å². The maximum Gasteiger partial charge on any atom is 0.314 e. The van der Waals surface area contributed by atoms with Gasteiger partial charge in [-0.05, 0) is 18.6 Å². The summed E-state index contributed by atoms with van der Waals surface area (Å²) in [5.41, 5.74) is 0. The van der Waals surface area contributed by atoms with E-state index >= 15 is 0 Å². The van der Waals surface area contributed by atoms with Crippen molar-refractivity contribution >= 4 is 15.8 Å². The molecule has 0 aromatic heterocycles. The number of rotatable bonds is 12. The number of para-hydroxylation sites is 1. The second kappa shape index (κ2) is 11.2. The fourth-order valence-electron chi connectivity index (χ4n) is 2.49. The van der Waals surface area contributed by atoms with Gasteiger partial charge in [0, 0.05) is 0 Å². The second-order valence-electron chi connectivity index (χ2n) is 5.95. The third-order valence-corrected chi connectivity index (χ3v) is 5.73. The first kappa shape index (κ1) is 20.7. The molecule has 4 nitrogen and oxygen atoms in total. The number of sulfone groups is 1. The van der Waals surface area contributed by atoms with Crippen molar-refractivity contribution in [3.8, 4) is 5.75 Å². The monoisotopic (exact) mass is 353 g/mol. The van der Waals surface area contributed by atoms with Crippen molar-refractivity contribution in [3.63, 3.8) is 0 Å². The van der Waals surface area contributed by atoms with Crippen LogP contribution in [0.4, 0.5) is 0 Å². The van der Waals surface area contributed by atoms with Gasteiger partial charge in [0.15, 0.2) is 9.84 Å². The number of unbranched alkanes of at least 4 members (excludes halogenated alkanes) is 7. The summed E-state index contributed by atoms with van der Waals surface area (Å²) in [4.78, 5) is 11.5. The Kier molecular flexibility index (Phi) is 9.69. The summed E-state index contributed by atoms with van der Waals surface area (Å²) in [6.07, 6.45) is 10.1. The van der Waals surface area contributed by atoms with Crippen molar-refractivity contribution in [2.24, 2.45) is 0 Å². The van der Waals surface area contributed by atoms with Gasteiger partial charge in [0.1, 0.15) is 10.6 Å². The Hall–Kier alpha value is -1.36. The van der Waals surface area contributed by atoms with Crippen LogP contribution in [0.1, 0.15) is 65.2 Å². The van der Waals surface area contributed by atoms with E-state index in [0.717, 1.165) is 12.8 Å². The molecule has 0 saturated carbocycles. The predicted octanol–water partition coefficient (Wildman–Crippen LogP) is 4.73. The summed E-state index contributed by atoms with van der Waals surface area (Å²) in [5.74, 6) is -0.350. The molecule has 5 heteroatoms.